The van der Waals surface area contributed by atoms with E-state index >= 15 is 0 Å². The highest BCUT2D eigenvalue weighted by Crippen LogP contribution is 2.28. The van der Waals surface area contributed by atoms with E-state index in [1.165, 1.54) is 4.90 Å². The molecule has 2 amide bonds. The first kappa shape index (κ1) is 15.6. The summed E-state index contributed by atoms with van der Waals surface area (Å²) in [4.78, 5) is 24.8. The summed E-state index contributed by atoms with van der Waals surface area (Å²) in [5, 5.41) is 17.4. The predicted molar refractivity (Wildman–Crippen MR) is 62.0 cm³/mol. The van der Waals surface area contributed by atoms with E-state index in [4.69, 9.17) is 10.2 Å². The average molecular weight is 280 g/mol. The zero-order valence-corrected chi connectivity index (χ0v) is 10.5. The van der Waals surface area contributed by atoms with Gasteiger partial charge in [0.25, 0.3) is 6.43 Å². The largest absolute Gasteiger partial charge is 0.481 e. The van der Waals surface area contributed by atoms with Gasteiger partial charge in [-0.2, -0.15) is 0 Å². The fraction of sp³-hybridized carbons (Fsp3) is 0.818. The fourth-order valence-electron chi connectivity index (χ4n) is 1.77. The molecule has 1 saturated carbocycles. The van der Waals surface area contributed by atoms with E-state index in [1.54, 1.807) is 0 Å². The number of aliphatic carboxylic acids is 1. The smallest absolute Gasteiger partial charge is 0.320 e. The van der Waals surface area contributed by atoms with Crippen molar-refractivity contribution in [3.63, 3.8) is 0 Å². The number of amides is 2. The predicted octanol–water partition coefficient (Wildman–Crippen LogP) is 0.605. The van der Waals surface area contributed by atoms with Crippen molar-refractivity contribution in [1.82, 2.24) is 9.80 Å². The summed E-state index contributed by atoms with van der Waals surface area (Å²) in [7, 11) is 0. The lowest BCUT2D eigenvalue weighted by Crippen LogP contribution is -2.47. The monoisotopic (exact) mass is 280 g/mol. The second kappa shape index (κ2) is 7.22. The number of alkyl halides is 2. The van der Waals surface area contributed by atoms with Crippen LogP contribution < -0.4 is 0 Å². The molecule has 0 aromatic heterocycles. The highest BCUT2D eigenvalue weighted by Gasteiger charge is 2.35. The first-order valence-corrected chi connectivity index (χ1v) is 6.12. The molecule has 1 rings (SSSR count). The van der Waals surface area contributed by atoms with E-state index in [0.29, 0.717) is 0 Å². The second-order valence-corrected chi connectivity index (χ2v) is 4.41. The molecule has 0 aromatic carbocycles. The molecule has 6 nitrogen and oxygen atoms in total. The Morgan fingerprint density at radius 2 is 1.89 bits per heavy atom. The standard InChI is InChI=1S/C11H18F2N2O4/c12-9(13)7-14(5-6-16)11(19)15(8-1-2-8)4-3-10(17)18/h8-9,16H,1-7H2,(H,17,18). The fourth-order valence-corrected chi connectivity index (χ4v) is 1.77. The lowest BCUT2D eigenvalue weighted by Gasteiger charge is -2.30. The SMILES string of the molecule is O=C(O)CCN(C(=O)N(CCO)CC(F)F)C1CC1. The van der Waals surface area contributed by atoms with Crippen LogP contribution in [0.1, 0.15) is 19.3 Å². The maximum atomic E-state index is 12.4. The Kier molecular flexibility index (Phi) is 5.94. The third-order valence-electron chi connectivity index (χ3n) is 2.80. The molecule has 1 aliphatic carbocycles. The maximum Gasteiger partial charge on any atom is 0.320 e. The molecule has 0 aromatic rings. The van der Waals surface area contributed by atoms with Gasteiger partial charge in [-0.3, -0.25) is 4.79 Å². The molecule has 0 bridgehead atoms. The molecule has 0 radical (unpaired) electrons. The molecule has 110 valence electrons. The van der Waals surface area contributed by atoms with Crippen molar-refractivity contribution in [3.8, 4) is 0 Å². The minimum atomic E-state index is -2.68. The van der Waals surface area contributed by atoms with Crippen molar-refractivity contribution < 1.29 is 28.6 Å². The van der Waals surface area contributed by atoms with E-state index < -0.39 is 31.6 Å². The van der Waals surface area contributed by atoms with E-state index in [-0.39, 0.29) is 25.6 Å². The van der Waals surface area contributed by atoms with Crippen LogP contribution in [0, 0.1) is 0 Å². The highest BCUT2D eigenvalue weighted by atomic mass is 19.3. The van der Waals surface area contributed by atoms with E-state index in [9.17, 15) is 18.4 Å². The number of carboxylic acids is 1. The molecule has 0 atom stereocenters. The number of carboxylic acid groups (broad SMARTS) is 1. The molecule has 0 heterocycles. The summed E-state index contributed by atoms with van der Waals surface area (Å²) >= 11 is 0. The summed E-state index contributed by atoms with van der Waals surface area (Å²) in [6.45, 7) is -1.34. The zero-order chi connectivity index (χ0) is 14.4. The number of urea groups is 1. The molecule has 1 fully saturated rings. The highest BCUT2D eigenvalue weighted by molar-refractivity contribution is 5.76. The van der Waals surface area contributed by atoms with Gasteiger partial charge in [-0.15, -0.1) is 0 Å². The van der Waals surface area contributed by atoms with Crippen LogP contribution in [-0.2, 0) is 4.79 Å². The first-order valence-electron chi connectivity index (χ1n) is 6.12. The number of carbonyl (C=O) groups excluding carboxylic acids is 1. The van der Waals surface area contributed by atoms with Crippen LogP contribution in [0.25, 0.3) is 0 Å². The number of aliphatic hydroxyl groups excluding tert-OH is 1. The van der Waals surface area contributed by atoms with Gasteiger partial charge in [0.05, 0.1) is 19.6 Å². The number of rotatable bonds is 8. The lowest BCUT2D eigenvalue weighted by atomic mass is 10.3. The quantitative estimate of drug-likeness (QED) is 0.682. The van der Waals surface area contributed by atoms with E-state index in [2.05, 4.69) is 0 Å². The van der Waals surface area contributed by atoms with Crippen LogP contribution in [0.4, 0.5) is 13.6 Å². The topological polar surface area (TPSA) is 81.1 Å². The zero-order valence-electron chi connectivity index (χ0n) is 10.5. The Bertz CT molecular complexity index is 324. The van der Waals surface area contributed by atoms with Crippen molar-refractivity contribution in [2.24, 2.45) is 0 Å². The van der Waals surface area contributed by atoms with Gasteiger partial charge in [-0.25, -0.2) is 13.6 Å². The molecule has 0 unspecified atom stereocenters. The second-order valence-electron chi connectivity index (χ2n) is 4.41. The van der Waals surface area contributed by atoms with Gasteiger partial charge in [0, 0.05) is 19.1 Å². The number of nitrogens with zero attached hydrogens (tertiary/aromatic N) is 2. The summed E-state index contributed by atoms with van der Waals surface area (Å²) in [5.74, 6) is -1.04. The van der Waals surface area contributed by atoms with Crippen molar-refractivity contribution in [2.45, 2.75) is 31.7 Å². The van der Waals surface area contributed by atoms with Crippen LogP contribution in [0.3, 0.4) is 0 Å². The normalized spacial score (nSPS) is 14.5. The summed E-state index contributed by atoms with van der Waals surface area (Å²) in [5.41, 5.74) is 0. The molecular formula is C11H18F2N2O4. The molecule has 0 saturated heterocycles. The van der Waals surface area contributed by atoms with Crippen molar-refractivity contribution in [1.29, 1.82) is 0 Å². The Hall–Kier alpha value is -1.44. The molecule has 8 heteroatoms. The summed E-state index contributed by atoms with van der Waals surface area (Å²) < 4.78 is 24.7. The van der Waals surface area contributed by atoms with Gasteiger partial charge in [-0.05, 0) is 12.8 Å². The average Bonchev–Trinajstić information content (AvgIpc) is 3.12. The van der Waals surface area contributed by atoms with Gasteiger partial charge in [0.1, 0.15) is 0 Å². The number of carbonyl (C=O) groups is 2. The Morgan fingerprint density at radius 3 is 2.32 bits per heavy atom. The first-order chi connectivity index (χ1) is 8.95. The molecular weight excluding hydrogens is 262 g/mol. The molecule has 2 N–H and O–H groups in total. The summed E-state index contributed by atoms with van der Waals surface area (Å²) in [6.07, 6.45) is -1.39. The number of hydrogen-bond acceptors (Lipinski definition) is 3. The van der Waals surface area contributed by atoms with Crippen LogP contribution >= 0.6 is 0 Å². The maximum absolute atomic E-state index is 12.4. The summed E-state index contributed by atoms with van der Waals surface area (Å²) in [6, 6.07) is -0.691. The lowest BCUT2D eigenvalue weighted by molar-refractivity contribution is -0.137. The Labute approximate surface area is 109 Å². The van der Waals surface area contributed by atoms with Crippen LogP contribution in [0.5, 0.6) is 0 Å². The molecule has 0 aliphatic heterocycles. The number of halogens is 2. The number of aliphatic hydroxyl groups is 1. The van der Waals surface area contributed by atoms with Gasteiger partial charge in [0.15, 0.2) is 0 Å². The van der Waals surface area contributed by atoms with Crippen molar-refractivity contribution in [2.75, 3.05) is 26.2 Å². The molecule has 19 heavy (non-hydrogen) atoms. The van der Waals surface area contributed by atoms with Crippen molar-refractivity contribution in [3.05, 3.63) is 0 Å². The Balaban J connectivity index is 2.63. The van der Waals surface area contributed by atoms with Gasteiger partial charge < -0.3 is 20.0 Å². The Morgan fingerprint density at radius 1 is 1.26 bits per heavy atom. The van der Waals surface area contributed by atoms with Gasteiger partial charge in [0.2, 0.25) is 0 Å². The molecule has 1 aliphatic rings. The van der Waals surface area contributed by atoms with E-state index in [0.717, 1.165) is 17.7 Å². The van der Waals surface area contributed by atoms with Gasteiger partial charge >= 0.3 is 12.0 Å². The number of hydrogen-bond donors (Lipinski definition) is 2. The van der Waals surface area contributed by atoms with Crippen LogP contribution in [-0.4, -0.2) is 70.7 Å². The third-order valence-corrected chi connectivity index (χ3v) is 2.80. The van der Waals surface area contributed by atoms with Crippen molar-refractivity contribution >= 4 is 12.0 Å². The third kappa shape index (κ3) is 5.37. The molecule has 0 spiro atoms. The van der Waals surface area contributed by atoms with E-state index in [1.807, 2.05) is 0 Å². The minimum absolute atomic E-state index is 0.00397. The van der Waals surface area contributed by atoms with Crippen LogP contribution in [0.15, 0.2) is 0 Å². The van der Waals surface area contributed by atoms with Crippen LogP contribution in [0.2, 0.25) is 0 Å². The van der Waals surface area contributed by atoms with Gasteiger partial charge in [-0.1, -0.05) is 0 Å². The minimum Gasteiger partial charge on any atom is -0.481 e.